The molecule has 0 aromatic heterocycles. The summed E-state index contributed by atoms with van der Waals surface area (Å²) in [5.74, 6) is -1.35. The van der Waals surface area contributed by atoms with Crippen molar-refractivity contribution in [3.8, 4) is 11.1 Å². The number of rotatable bonds is 9. The molecule has 0 aliphatic heterocycles. The predicted molar refractivity (Wildman–Crippen MR) is 121 cm³/mol. The van der Waals surface area contributed by atoms with Crippen LogP contribution in [0.5, 0.6) is 0 Å². The molecule has 0 bridgehead atoms. The average molecular weight is 437 g/mol. The van der Waals surface area contributed by atoms with Crippen LogP contribution in [0.2, 0.25) is 0 Å². The second kappa shape index (κ2) is 10.6. The van der Waals surface area contributed by atoms with Gasteiger partial charge in [-0.3, -0.25) is 9.59 Å². The molecule has 7 heteroatoms. The molecular weight excluding hydrogens is 408 g/mol. The SMILES string of the molecule is CC(C)CN(CC(=O)O)C(=O)/C=C/CNC(=O)OCC1c2ccccc2-c2ccccc21. The summed E-state index contributed by atoms with van der Waals surface area (Å²) in [7, 11) is 0. The zero-order valence-electron chi connectivity index (χ0n) is 18.3. The van der Waals surface area contributed by atoms with Crippen LogP contribution >= 0.6 is 0 Å². The highest BCUT2D eigenvalue weighted by Crippen LogP contribution is 2.44. The van der Waals surface area contributed by atoms with Gasteiger partial charge in [-0.1, -0.05) is 68.5 Å². The second-order valence-electron chi connectivity index (χ2n) is 8.12. The van der Waals surface area contributed by atoms with Crippen molar-refractivity contribution in [2.24, 2.45) is 5.92 Å². The van der Waals surface area contributed by atoms with Gasteiger partial charge in [0.1, 0.15) is 13.2 Å². The van der Waals surface area contributed by atoms with Crippen molar-refractivity contribution in [3.05, 3.63) is 71.8 Å². The molecule has 2 aromatic rings. The molecular formula is C25H28N2O5. The minimum Gasteiger partial charge on any atom is -0.480 e. The molecule has 0 saturated heterocycles. The molecule has 3 rings (SSSR count). The van der Waals surface area contributed by atoms with Crippen LogP contribution in [-0.4, -0.2) is 54.2 Å². The third-order valence-electron chi connectivity index (χ3n) is 5.19. The number of amides is 2. The van der Waals surface area contributed by atoms with Gasteiger partial charge in [0.2, 0.25) is 5.91 Å². The quantitative estimate of drug-likeness (QED) is 0.585. The predicted octanol–water partition coefficient (Wildman–Crippen LogP) is 3.65. The van der Waals surface area contributed by atoms with E-state index >= 15 is 0 Å². The number of nitrogens with one attached hydrogen (secondary N) is 1. The largest absolute Gasteiger partial charge is 0.480 e. The number of alkyl carbamates (subject to hydrolysis) is 1. The van der Waals surface area contributed by atoms with Crippen LogP contribution in [-0.2, 0) is 14.3 Å². The molecule has 1 aliphatic rings. The van der Waals surface area contributed by atoms with Gasteiger partial charge in [-0.05, 0) is 28.2 Å². The van der Waals surface area contributed by atoms with Crippen molar-refractivity contribution < 1.29 is 24.2 Å². The summed E-state index contributed by atoms with van der Waals surface area (Å²) in [5, 5.41) is 11.6. The first-order valence-electron chi connectivity index (χ1n) is 10.6. The summed E-state index contributed by atoms with van der Waals surface area (Å²) >= 11 is 0. The van der Waals surface area contributed by atoms with E-state index in [-0.39, 0.29) is 31.5 Å². The van der Waals surface area contributed by atoms with Gasteiger partial charge in [0.05, 0.1) is 0 Å². The molecule has 2 aromatic carbocycles. The summed E-state index contributed by atoms with van der Waals surface area (Å²) in [6.45, 7) is 4.11. The van der Waals surface area contributed by atoms with E-state index in [2.05, 4.69) is 29.6 Å². The highest BCUT2D eigenvalue weighted by Gasteiger charge is 2.28. The Hall–Kier alpha value is -3.61. The Labute approximate surface area is 187 Å². The molecule has 0 fully saturated rings. The summed E-state index contributed by atoms with van der Waals surface area (Å²) < 4.78 is 5.44. The fraction of sp³-hybridized carbons (Fsp3) is 0.320. The molecule has 0 saturated carbocycles. The minimum absolute atomic E-state index is 0.0223. The van der Waals surface area contributed by atoms with E-state index in [1.54, 1.807) is 0 Å². The van der Waals surface area contributed by atoms with Gasteiger partial charge in [-0.25, -0.2) is 4.79 Å². The topological polar surface area (TPSA) is 95.9 Å². The van der Waals surface area contributed by atoms with Crippen molar-refractivity contribution in [2.75, 3.05) is 26.2 Å². The lowest BCUT2D eigenvalue weighted by molar-refractivity contribution is -0.143. The van der Waals surface area contributed by atoms with Crippen molar-refractivity contribution >= 4 is 18.0 Å². The number of carboxylic acid groups (broad SMARTS) is 1. The first-order valence-corrected chi connectivity index (χ1v) is 10.6. The van der Waals surface area contributed by atoms with E-state index in [4.69, 9.17) is 9.84 Å². The number of carboxylic acids is 1. The van der Waals surface area contributed by atoms with E-state index in [1.165, 1.54) is 17.1 Å². The molecule has 0 heterocycles. The van der Waals surface area contributed by atoms with Crippen LogP contribution in [0, 0.1) is 5.92 Å². The van der Waals surface area contributed by atoms with Crippen LogP contribution in [0.1, 0.15) is 30.9 Å². The van der Waals surface area contributed by atoms with Gasteiger partial charge in [0.15, 0.2) is 0 Å². The highest BCUT2D eigenvalue weighted by molar-refractivity contribution is 5.90. The number of benzene rings is 2. The lowest BCUT2D eigenvalue weighted by Gasteiger charge is -2.21. The molecule has 0 spiro atoms. The van der Waals surface area contributed by atoms with Gasteiger partial charge in [0, 0.05) is 25.1 Å². The van der Waals surface area contributed by atoms with Crippen LogP contribution in [0.3, 0.4) is 0 Å². The van der Waals surface area contributed by atoms with Crippen molar-refractivity contribution in [2.45, 2.75) is 19.8 Å². The van der Waals surface area contributed by atoms with Crippen LogP contribution in [0.15, 0.2) is 60.7 Å². The maximum atomic E-state index is 12.2. The Morgan fingerprint density at radius 2 is 1.66 bits per heavy atom. The number of ether oxygens (including phenoxy) is 1. The van der Waals surface area contributed by atoms with Crippen LogP contribution < -0.4 is 5.32 Å². The van der Waals surface area contributed by atoms with E-state index in [9.17, 15) is 14.4 Å². The number of hydrogen-bond acceptors (Lipinski definition) is 4. The zero-order valence-corrected chi connectivity index (χ0v) is 18.3. The van der Waals surface area contributed by atoms with Gasteiger partial charge in [-0.2, -0.15) is 0 Å². The Morgan fingerprint density at radius 3 is 2.22 bits per heavy atom. The fourth-order valence-corrected chi connectivity index (χ4v) is 3.89. The van der Waals surface area contributed by atoms with Gasteiger partial charge in [-0.15, -0.1) is 0 Å². The zero-order chi connectivity index (χ0) is 23.1. The van der Waals surface area contributed by atoms with E-state index < -0.39 is 18.0 Å². The molecule has 0 radical (unpaired) electrons. The minimum atomic E-state index is -1.07. The van der Waals surface area contributed by atoms with E-state index in [0.29, 0.717) is 6.54 Å². The first-order chi connectivity index (χ1) is 15.4. The lowest BCUT2D eigenvalue weighted by atomic mass is 9.98. The standard InChI is InChI=1S/C25H28N2O5/c1-17(2)14-27(15-24(29)30)23(28)12-7-13-26-25(31)32-16-22-20-10-5-3-8-18(20)19-9-4-6-11-21(19)22/h3-12,17,22H,13-16H2,1-2H3,(H,26,31)(H,29,30)/b12-7+. The molecule has 32 heavy (non-hydrogen) atoms. The Balaban J connectivity index is 1.51. The number of fused-ring (bicyclic) bond motifs is 3. The van der Waals surface area contributed by atoms with Gasteiger partial charge in [0.25, 0.3) is 0 Å². The summed E-state index contributed by atoms with van der Waals surface area (Å²) in [6.07, 6.45) is 2.18. The van der Waals surface area contributed by atoms with E-state index in [1.807, 2.05) is 38.1 Å². The molecule has 0 unspecified atom stereocenters. The summed E-state index contributed by atoms with van der Waals surface area (Å²) in [5.41, 5.74) is 4.59. The van der Waals surface area contributed by atoms with Crippen LogP contribution in [0.4, 0.5) is 4.79 Å². The maximum Gasteiger partial charge on any atom is 0.407 e. The Bertz CT molecular complexity index is 969. The number of carbonyl (C=O) groups excluding carboxylic acids is 2. The second-order valence-corrected chi connectivity index (χ2v) is 8.12. The maximum absolute atomic E-state index is 12.2. The smallest absolute Gasteiger partial charge is 0.407 e. The number of nitrogens with zero attached hydrogens (tertiary/aromatic N) is 1. The van der Waals surface area contributed by atoms with Crippen molar-refractivity contribution in [1.29, 1.82) is 0 Å². The normalized spacial score (nSPS) is 12.5. The number of aliphatic carboxylic acids is 1. The van der Waals surface area contributed by atoms with Crippen molar-refractivity contribution in [3.63, 3.8) is 0 Å². The monoisotopic (exact) mass is 436 g/mol. The van der Waals surface area contributed by atoms with Gasteiger partial charge < -0.3 is 20.1 Å². The molecule has 2 amide bonds. The Kier molecular flexibility index (Phi) is 7.65. The first kappa shape index (κ1) is 23.1. The average Bonchev–Trinajstić information content (AvgIpc) is 3.08. The molecule has 168 valence electrons. The third kappa shape index (κ3) is 5.75. The van der Waals surface area contributed by atoms with E-state index in [0.717, 1.165) is 22.3 Å². The summed E-state index contributed by atoms with van der Waals surface area (Å²) in [4.78, 5) is 36.6. The lowest BCUT2D eigenvalue weighted by Crippen LogP contribution is -2.37. The fourth-order valence-electron chi connectivity index (χ4n) is 3.89. The Morgan fingerprint density at radius 1 is 1.06 bits per heavy atom. The van der Waals surface area contributed by atoms with Gasteiger partial charge >= 0.3 is 12.1 Å². The molecule has 2 N–H and O–H groups in total. The molecule has 1 aliphatic carbocycles. The number of carbonyl (C=O) groups is 3. The molecule has 7 nitrogen and oxygen atoms in total. The summed E-state index contributed by atoms with van der Waals surface area (Å²) in [6, 6.07) is 16.2. The highest BCUT2D eigenvalue weighted by atomic mass is 16.5. The molecule has 0 atom stereocenters. The van der Waals surface area contributed by atoms with Crippen LogP contribution in [0.25, 0.3) is 11.1 Å². The van der Waals surface area contributed by atoms with Crippen molar-refractivity contribution in [1.82, 2.24) is 10.2 Å². The number of hydrogen-bond donors (Lipinski definition) is 2. The third-order valence-corrected chi connectivity index (χ3v) is 5.19.